The minimum atomic E-state index is 0.0656. The second kappa shape index (κ2) is 5.07. The summed E-state index contributed by atoms with van der Waals surface area (Å²) in [5, 5.41) is 7.70. The van der Waals surface area contributed by atoms with Gasteiger partial charge in [0.05, 0.1) is 24.3 Å². The highest BCUT2D eigenvalue weighted by atomic mass is 16.5. The summed E-state index contributed by atoms with van der Waals surface area (Å²) < 4.78 is 5.43. The molecule has 0 radical (unpaired) electrons. The van der Waals surface area contributed by atoms with Crippen molar-refractivity contribution in [3.63, 3.8) is 0 Å². The fourth-order valence-electron chi connectivity index (χ4n) is 3.92. The molecule has 0 unspecified atom stereocenters. The van der Waals surface area contributed by atoms with E-state index in [2.05, 4.69) is 54.2 Å². The zero-order valence-corrected chi connectivity index (χ0v) is 15.3. The second-order valence-electron chi connectivity index (χ2n) is 9.17. The van der Waals surface area contributed by atoms with Crippen LogP contribution in [0, 0.1) is 5.41 Å². The molecule has 1 aliphatic carbocycles. The molecule has 5 nitrogen and oxygen atoms in total. The third kappa shape index (κ3) is 2.56. The fourth-order valence-corrected chi connectivity index (χ4v) is 3.92. The Morgan fingerprint density at radius 1 is 1.16 bits per heavy atom. The van der Waals surface area contributed by atoms with Gasteiger partial charge in [0.2, 0.25) is 0 Å². The maximum absolute atomic E-state index is 5.43. The number of rotatable bonds is 3. The van der Waals surface area contributed by atoms with E-state index in [1.807, 2.05) is 0 Å². The molecule has 5 rings (SSSR count). The third-order valence-corrected chi connectivity index (χ3v) is 5.79. The van der Waals surface area contributed by atoms with Crippen molar-refractivity contribution in [3.8, 4) is 11.4 Å². The van der Waals surface area contributed by atoms with Crippen molar-refractivity contribution in [2.45, 2.75) is 44.9 Å². The molecule has 2 aromatic rings. The van der Waals surface area contributed by atoms with Crippen molar-refractivity contribution in [1.82, 2.24) is 15.2 Å². The number of H-pyrrole nitrogens is 1. The highest BCUT2D eigenvalue weighted by Gasteiger charge is 2.50. The molecule has 1 saturated carbocycles. The summed E-state index contributed by atoms with van der Waals surface area (Å²) in [6.45, 7) is 10.7. The Morgan fingerprint density at radius 2 is 1.92 bits per heavy atom. The van der Waals surface area contributed by atoms with Crippen LogP contribution in [0.15, 0.2) is 18.3 Å². The van der Waals surface area contributed by atoms with Gasteiger partial charge >= 0.3 is 0 Å². The first-order chi connectivity index (χ1) is 11.9. The van der Waals surface area contributed by atoms with Gasteiger partial charge < -0.3 is 9.64 Å². The predicted molar refractivity (Wildman–Crippen MR) is 98.0 cm³/mol. The van der Waals surface area contributed by atoms with Gasteiger partial charge in [-0.1, -0.05) is 20.8 Å². The molecular weight excluding hydrogens is 312 g/mol. The molecule has 25 heavy (non-hydrogen) atoms. The molecule has 5 heteroatoms. The van der Waals surface area contributed by atoms with Crippen molar-refractivity contribution >= 4 is 5.69 Å². The van der Waals surface area contributed by atoms with Gasteiger partial charge in [0.25, 0.3) is 0 Å². The second-order valence-corrected chi connectivity index (χ2v) is 9.17. The zero-order chi connectivity index (χ0) is 17.2. The van der Waals surface area contributed by atoms with E-state index in [4.69, 9.17) is 9.72 Å². The Labute approximate surface area is 148 Å². The lowest BCUT2D eigenvalue weighted by Gasteiger charge is -2.56. The predicted octanol–water partition coefficient (Wildman–Crippen LogP) is 3.48. The molecule has 1 N–H and O–H groups in total. The lowest BCUT2D eigenvalue weighted by atomic mass is 9.77. The van der Waals surface area contributed by atoms with E-state index in [0.29, 0.717) is 11.3 Å². The number of pyridine rings is 1. The van der Waals surface area contributed by atoms with E-state index >= 15 is 0 Å². The summed E-state index contributed by atoms with van der Waals surface area (Å²) in [5.41, 5.74) is 6.33. The molecule has 2 saturated heterocycles. The van der Waals surface area contributed by atoms with Gasteiger partial charge in [-0.15, -0.1) is 0 Å². The van der Waals surface area contributed by atoms with Crippen LogP contribution in [0.4, 0.5) is 5.69 Å². The van der Waals surface area contributed by atoms with E-state index in [0.717, 1.165) is 43.4 Å². The van der Waals surface area contributed by atoms with Crippen LogP contribution >= 0.6 is 0 Å². The Kier molecular flexibility index (Phi) is 3.12. The van der Waals surface area contributed by atoms with Crippen molar-refractivity contribution < 1.29 is 4.74 Å². The Hall–Kier alpha value is -1.88. The van der Waals surface area contributed by atoms with Crippen molar-refractivity contribution in [2.75, 3.05) is 31.2 Å². The van der Waals surface area contributed by atoms with Crippen molar-refractivity contribution in [1.29, 1.82) is 0 Å². The van der Waals surface area contributed by atoms with Crippen LogP contribution in [0.2, 0.25) is 0 Å². The van der Waals surface area contributed by atoms with Crippen molar-refractivity contribution in [3.05, 3.63) is 29.6 Å². The molecular formula is C20H26N4O. The number of hydrogen-bond donors (Lipinski definition) is 1. The highest BCUT2D eigenvalue weighted by molar-refractivity contribution is 5.67. The number of ether oxygens (including phenoxy) is 1. The van der Waals surface area contributed by atoms with E-state index in [-0.39, 0.29) is 5.41 Å². The molecule has 0 bridgehead atoms. The number of hydrogen-bond acceptors (Lipinski definition) is 4. The maximum Gasteiger partial charge on any atom is 0.111 e. The minimum absolute atomic E-state index is 0.0656. The first-order valence-electron chi connectivity index (χ1n) is 9.33. The average molecular weight is 338 g/mol. The molecule has 4 heterocycles. The number of nitrogens with one attached hydrogen (secondary N) is 1. The molecule has 2 aliphatic heterocycles. The summed E-state index contributed by atoms with van der Waals surface area (Å²) in [6, 6.07) is 4.39. The van der Waals surface area contributed by atoms with Gasteiger partial charge in [-0.2, -0.15) is 5.10 Å². The summed E-state index contributed by atoms with van der Waals surface area (Å²) in [7, 11) is 0. The summed E-state index contributed by atoms with van der Waals surface area (Å²) >= 11 is 0. The Morgan fingerprint density at radius 3 is 2.48 bits per heavy atom. The third-order valence-electron chi connectivity index (χ3n) is 5.79. The topological polar surface area (TPSA) is 54.0 Å². The van der Waals surface area contributed by atoms with E-state index in [9.17, 15) is 0 Å². The lowest BCUT2D eigenvalue weighted by Crippen LogP contribution is -2.66. The molecule has 0 amide bonds. The van der Waals surface area contributed by atoms with E-state index in [1.165, 1.54) is 24.1 Å². The van der Waals surface area contributed by atoms with Crippen LogP contribution in [0.25, 0.3) is 11.4 Å². The van der Waals surface area contributed by atoms with Gasteiger partial charge in [-0.3, -0.25) is 10.1 Å². The van der Waals surface area contributed by atoms with Gasteiger partial charge in [0, 0.05) is 36.1 Å². The number of aromatic amines is 1. The quantitative estimate of drug-likeness (QED) is 0.931. The van der Waals surface area contributed by atoms with Gasteiger partial charge in [-0.05, 0) is 36.5 Å². The van der Waals surface area contributed by atoms with Gasteiger partial charge in [-0.25, -0.2) is 0 Å². The van der Waals surface area contributed by atoms with Gasteiger partial charge in [0.1, 0.15) is 5.69 Å². The van der Waals surface area contributed by atoms with Crippen molar-refractivity contribution in [2.24, 2.45) is 5.41 Å². The highest BCUT2D eigenvalue weighted by Crippen LogP contribution is 2.48. The smallest absolute Gasteiger partial charge is 0.111 e. The summed E-state index contributed by atoms with van der Waals surface area (Å²) in [5.74, 6) is 0.704. The first kappa shape index (κ1) is 15.4. The standard InChI is InChI=1S/C20H26N4O/c1-19(2,3)18-7-16(22-23-18)15-6-17(14(8-21-15)13-4-5-13)24-9-20(10-24)11-25-12-20/h6-8,13H,4-5,9-12H2,1-3H3,(H,22,23). The first-order valence-corrected chi connectivity index (χ1v) is 9.33. The van der Waals surface area contributed by atoms with Gasteiger partial charge in [0.15, 0.2) is 0 Å². The van der Waals surface area contributed by atoms with E-state index < -0.39 is 0 Å². The fraction of sp³-hybridized carbons (Fsp3) is 0.600. The molecule has 0 atom stereocenters. The molecule has 3 aliphatic rings. The molecule has 132 valence electrons. The summed E-state index contributed by atoms with van der Waals surface area (Å²) in [4.78, 5) is 7.26. The molecule has 2 aromatic heterocycles. The number of aromatic nitrogens is 3. The lowest BCUT2D eigenvalue weighted by molar-refractivity contribution is -0.127. The van der Waals surface area contributed by atoms with Crippen LogP contribution in [-0.2, 0) is 10.2 Å². The number of nitrogens with zero attached hydrogens (tertiary/aromatic N) is 3. The van der Waals surface area contributed by atoms with Crippen LogP contribution in [0.1, 0.15) is 50.8 Å². The van der Waals surface area contributed by atoms with E-state index in [1.54, 1.807) is 0 Å². The maximum atomic E-state index is 5.43. The monoisotopic (exact) mass is 338 g/mol. The average Bonchev–Trinajstić information content (AvgIpc) is 3.19. The zero-order valence-electron chi connectivity index (χ0n) is 15.3. The normalized spacial score (nSPS) is 22.0. The number of anilines is 1. The Bertz CT molecular complexity index is 803. The Balaban J connectivity index is 1.47. The van der Waals surface area contributed by atoms with Crippen LogP contribution in [-0.4, -0.2) is 41.5 Å². The molecule has 1 spiro atoms. The van der Waals surface area contributed by atoms with Crippen LogP contribution < -0.4 is 4.90 Å². The minimum Gasteiger partial charge on any atom is -0.380 e. The molecule has 3 fully saturated rings. The largest absolute Gasteiger partial charge is 0.380 e. The summed E-state index contributed by atoms with van der Waals surface area (Å²) in [6.07, 6.45) is 4.69. The van der Waals surface area contributed by atoms with Crippen LogP contribution in [0.3, 0.4) is 0 Å². The van der Waals surface area contributed by atoms with Crippen LogP contribution in [0.5, 0.6) is 0 Å². The SMILES string of the molecule is CC(C)(C)c1cc(-c2cc(N3CC4(COC4)C3)c(C3CC3)cn2)n[nH]1. The molecule has 0 aromatic carbocycles.